The first-order chi connectivity index (χ1) is 12.9. The van der Waals surface area contributed by atoms with Crippen molar-refractivity contribution in [1.29, 1.82) is 0 Å². The highest BCUT2D eigenvalue weighted by molar-refractivity contribution is 5.96. The van der Waals surface area contributed by atoms with E-state index in [1.54, 1.807) is 19.8 Å². The summed E-state index contributed by atoms with van der Waals surface area (Å²) in [4.78, 5) is 10.2. The van der Waals surface area contributed by atoms with Gasteiger partial charge in [0.15, 0.2) is 0 Å². The normalized spacial score (nSPS) is 45.6. The van der Waals surface area contributed by atoms with Crippen LogP contribution in [0.5, 0.6) is 0 Å². The molecule has 3 fully saturated rings. The summed E-state index contributed by atoms with van der Waals surface area (Å²) < 4.78 is 0. The van der Waals surface area contributed by atoms with Crippen LogP contribution in [0.4, 0.5) is 0 Å². The third-order valence-corrected chi connectivity index (χ3v) is 8.93. The summed E-state index contributed by atoms with van der Waals surface area (Å²) in [5.74, 6) is 3.14. The fraction of sp³-hybridized carbons (Fsp3) is 0.826. The van der Waals surface area contributed by atoms with Crippen LogP contribution in [0, 0.1) is 34.5 Å². The van der Waals surface area contributed by atoms with Crippen LogP contribution in [0.1, 0.15) is 72.1 Å². The van der Waals surface area contributed by atoms with Gasteiger partial charge in [-0.3, -0.25) is 0 Å². The highest BCUT2D eigenvalue weighted by Crippen LogP contribution is 2.66. The molecule has 0 radical (unpaired) electrons. The molecule has 4 rings (SSSR count). The van der Waals surface area contributed by atoms with Crippen LogP contribution in [0.25, 0.3) is 0 Å². The van der Waals surface area contributed by atoms with Crippen LogP contribution in [-0.4, -0.2) is 25.6 Å². The van der Waals surface area contributed by atoms with E-state index in [1.165, 1.54) is 50.7 Å². The molecule has 0 N–H and O–H groups in total. The maximum Gasteiger partial charge on any atom is 0.106 e. The molecule has 0 heterocycles. The SMILES string of the molecule is CO/N=C1\C=C2CC[C@H]3[C@@H]4CC[C@H](/C(C)=N\OC)[C@@]4(C)CC[C@@H]3[C@@]2(C)CC1. The Bertz CT molecular complexity index is 682. The van der Waals surface area contributed by atoms with Crippen molar-refractivity contribution in [2.75, 3.05) is 14.2 Å². The van der Waals surface area contributed by atoms with E-state index in [0.29, 0.717) is 16.7 Å². The third-order valence-electron chi connectivity index (χ3n) is 8.93. The molecule has 0 aliphatic heterocycles. The lowest BCUT2D eigenvalue weighted by atomic mass is 9.46. The number of fused-ring (bicyclic) bond motifs is 5. The van der Waals surface area contributed by atoms with Gasteiger partial charge < -0.3 is 9.68 Å². The zero-order valence-corrected chi connectivity index (χ0v) is 17.8. The monoisotopic (exact) mass is 372 g/mol. The molecule has 27 heavy (non-hydrogen) atoms. The van der Waals surface area contributed by atoms with Crippen molar-refractivity contribution in [2.24, 2.45) is 44.8 Å². The summed E-state index contributed by atoms with van der Waals surface area (Å²) in [6.07, 6.45) is 12.6. The van der Waals surface area contributed by atoms with E-state index in [0.717, 1.165) is 29.9 Å². The summed E-state index contributed by atoms with van der Waals surface area (Å²) in [6, 6.07) is 0. The smallest absolute Gasteiger partial charge is 0.106 e. The lowest BCUT2D eigenvalue weighted by Crippen LogP contribution is -2.51. The quantitative estimate of drug-likeness (QED) is 0.479. The molecule has 0 aromatic heterocycles. The number of hydrogen-bond donors (Lipinski definition) is 0. The topological polar surface area (TPSA) is 43.2 Å². The molecule has 4 heteroatoms. The minimum absolute atomic E-state index is 0.366. The Morgan fingerprint density at radius 2 is 1.81 bits per heavy atom. The van der Waals surface area contributed by atoms with Crippen LogP contribution in [-0.2, 0) is 9.68 Å². The number of hydrogen-bond acceptors (Lipinski definition) is 4. The van der Waals surface area contributed by atoms with Crippen molar-refractivity contribution in [2.45, 2.75) is 72.1 Å². The molecular weight excluding hydrogens is 336 g/mol. The first-order valence-electron chi connectivity index (χ1n) is 10.8. The number of rotatable bonds is 3. The third kappa shape index (κ3) is 2.86. The molecule has 4 nitrogen and oxygen atoms in total. The second-order valence-electron chi connectivity index (χ2n) is 9.86. The van der Waals surface area contributed by atoms with Gasteiger partial charge in [0, 0.05) is 5.92 Å². The van der Waals surface area contributed by atoms with Crippen LogP contribution in [0.2, 0.25) is 0 Å². The second-order valence-corrected chi connectivity index (χ2v) is 9.86. The Balaban J connectivity index is 1.61. The molecule has 0 amide bonds. The average molecular weight is 373 g/mol. The first kappa shape index (κ1) is 19.0. The highest BCUT2D eigenvalue weighted by Gasteiger charge is 2.59. The number of oxime groups is 2. The van der Waals surface area contributed by atoms with E-state index in [2.05, 4.69) is 37.2 Å². The fourth-order valence-electron chi connectivity index (χ4n) is 7.65. The summed E-state index contributed by atoms with van der Waals surface area (Å²) in [5, 5.41) is 8.57. The molecule has 3 saturated carbocycles. The van der Waals surface area contributed by atoms with E-state index in [4.69, 9.17) is 9.68 Å². The molecule has 0 unspecified atom stereocenters. The molecule has 0 aromatic carbocycles. The van der Waals surface area contributed by atoms with Gasteiger partial charge in [-0.1, -0.05) is 29.7 Å². The summed E-state index contributed by atoms with van der Waals surface area (Å²) in [7, 11) is 3.33. The van der Waals surface area contributed by atoms with Gasteiger partial charge in [-0.2, -0.15) is 0 Å². The lowest BCUT2D eigenvalue weighted by Gasteiger charge is -2.58. The Hall–Kier alpha value is -1.32. The van der Waals surface area contributed by atoms with Crippen molar-refractivity contribution in [3.05, 3.63) is 11.6 Å². The molecule has 0 saturated heterocycles. The van der Waals surface area contributed by atoms with Gasteiger partial charge >= 0.3 is 0 Å². The van der Waals surface area contributed by atoms with Gasteiger partial charge in [-0.15, -0.1) is 0 Å². The number of nitrogens with zero attached hydrogens (tertiary/aromatic N) is 2. The van der Waals surface area contributed by atoms with E-state index in [-0.39, 0.29) is 0 Å². The maximum atomic E-state index is 5.12. The van der Waals surface area contributed by atoms with Crippen molar-refractivity contribution in [1.82, 2.24) is 0 Å². The van der Waals surface area contributed by atoms with Gasteiger partial charge in [-0.05, 0) is 93.0 Å². The van der Waals surface area contributed by atoms with Gasteiger partial charge in [0.2, 0.25) is 0 Å². The zero-order valence-electron chi connectivity index (χ0n) is 17.8. The molecule has 4 aliphatic rings. The summed E-state index contributed by atoms with van der Waals surface area (Å²) in [6.45, 7) is 7.28. The van der Waals surface area contributed by atoms with E-state index >= 15 is 0 Å². The Morgan fingerprint density at radius 3 is 2.56 bits per heavy atom. The van der Waals surface area contributed by atoms with Crippen LogP contribution < -0.4 is 0 Å². The van der Waals surface area contributed by atoms with E-state index in [9.17, 15) is 0 Å². The summed E-state index contributed by atoms with van der Waals surface area (Å²) in [5.41, 5.74) is 4.76. The van der Waals surface area contributed by atoms with Gasteiger partial charge in [0.25, 0.3) is 0 Å². The lowest BCUT2D eigenvalue weighted by molar-refractivity contribution is -0.0411. The van der Waals surface area contributed by atoms with Crippen LogP contribution in [0.15, 0.2) is 22.0 Å². The predicted octanol–water partition coefficient (Wildman–Crippen LogP) is 5.59. The van der Waals surface area contributed by atoms with Crippen LogP contribution in [0.3, 0.4) is 0 Å². The maximum absolute atomic E-state index is 5.12. The highest BCUT2D eigenvalue weighted by atomic mass is 16.6. The Kier molecular flexibility index (Phi) is 4.88. The van der Waals surface area contributed by atoms with Crippen molar-refractivity contribution >= 4 is 11.4 Å². The summed E-state index contributed by atoms with van der Waals surface area (Å²) >= 11 is 0. The first-order valence-corrected chi connectivity index (χ1v) is 10.8. The molecule has 150 valence electrons. The van der Waals surface area contributed by atoms with Crippen molar-refractivity contribution < 1.29 is 9.68 Å². The largest absolute Gasteiger partial charge is 0.399 e. The molecule has 0 aromatic rings. The molecule has 4 aliphatic carbocycles. The zero-order chi connectivity index (χ0) is 19.2. The van der Waals surface area contributed by atoms with Crippen LogP contribution >= 0.6 is 0 Å². The second kappa shape index (κ2) is 6.93. The minimum atomic E-state index is 0.366. The standard InChI is InChI=1S/C23H36N2O2/c1-15(24-26-4)19-8-9-20-18-7-6-16-14-17(25-27-5)10-12-22(16,2)21(18)11-13-23(19,20)3/h14,18-21H,6-13H2,1-5H3/b24-15-,25-17-/t18-,19+,20-,21-,22-,23+/m0/s1. The average Bonchev–Trinajstić information content (AvgIpc) is 3.00. The Labute approximate surface area is 164 Å². The van der Waals surface area contributed by atoms with Crippen molar-refractivity contribution in [3.8, 4) is 0 Å². The molecule has 0 spiro atoms. The van der Waals surface area contributed by atoms with Crippen molar-refractivity contribution in [3.63, 3.8) is 0 Å². The molecule has 0 bridgehead atoms. The number of allylic oxidation sites excluding steroid dienone is 2. The predicted molar refractivity (Wildman–Crippen MR) is 110 cm³/mol. The van der Waals surface area contributed by atoms with Gasteiger partial charge in [0.1, 0.15) is 14.2 Å². The Morgan fingerprint density at radius 1 is 1.00 bits per heavy atom. The minimum Gasteiger partial charge on any atom is -0.399 e. The van der Waals surface area contributed by atoms with Gasteiger partial charge in [0.05, 0.1) is 11.4 Å². The molecule has 6 atom stereocenters. The van der Waals surface area contributed by atoms with E-state index in [1.807, 2.05) is 0 Å². The fourth-order valence-corrected chi connectivity index (χ4v) is 7.65. The van der Waals surface area contributed by atoms with Gasteiger partial charge in [-0.25, -0.2) is 0 Å². The van der Waals surface area contributed by atoms with E-state index < -0.39 is 0 Å². The molecular formula is C23H36N2O2.